The van der Waals surface area contributed by atoms with Gasteiger partial charge in [0.1, 0.15) is 0 Å². The first-order chi connectivity index (χ1) is 7.81. The van der Waals surface area contributed by atoms with Gasteiger partial charge in [-0.15, -0.1) is 12.4 Å². The Balaban J connectivity index is 0.00000108. The van der Waals surface area contributed by atoms with Gasteiger partial charge in [0.05, 0.1) is 6.10 Å². The number of nitrogens with one attached hydrogen (secondary N) is 2. The van der Waals surface area contributed by atoms with E-state index in [-0.39, 0.29) is 18.4 Å². The number of likely N-dealkylation sites (N-methyl/N-ethyl adjacent to an activating group) is 1. The molecule has 1 heterocycles. The zero-order valence-corrected chi connectivity index (χ0v) is 10.6. The summed E-state index contributed by atoms with van der Waals surface area (Å²) in [7, 11) is 1.91. The minimum atomic E-state index is -0.411. The summed E-state index contributed by atoms with van der Waals surface area (Å²) in [6.45, 7) is 0. The van der Waals surface area contributed by atoms with Crippen LogP contribution in [0, 0.1) is 0 Å². The third-order valence-corrected chi connectivity index (χ3v) is 3.61. The second-order valence-electron chi connectivity index (χ2n) is 4.46. The number of aromatic nitrogens is 1. The quantitative estimate of drug-likeness (QED) is 0.729. The van der Waals surface area contributed by atoms with Gasteiger partial charge in [-0.1, -0.05) is 12.1 Å². The normalized spacial score (nSPS) is 23.2. The lowest BCUT2D eigenvalue weighted by Gasteiger charge is -2.20. The van der Waals surface area contributed by atoms with Crippen LogP contribution in [-0.2, 0) is 6.42 Å². The fourth-order valence-electron chi connectivity index (χ4n) is 2.72. The molecular formula is C13H17ClN2O. The highest BCUT2D eigenvalue weighted by atomic mass is 35.5. The Kier molecular flexibility index (Phi) is 3.43. The van der Waals surface area contributed by atoms with Gasteiger partial charge in [0, 0.05) is 23.1 Å². The third kappa shape index (κ3) is 1.84. The predicted octanol–water partition coefficient (Wildman–Crippen LogP) is 2.16. The van der Waals surface area contributed by atoms with Crippen molar-refractivity contribution in [2.45, 2.75) is 25.0 Å². The van der Waals surface area contributed by atoms with Gasteiger partial charge < -0.3 is 15.4 Å². The summed E-state index contributed by atoms with van der Waals surface area (Å²) in [5.74, 6) is 0. The largest absolute Gasteiger partial charge is 0.387 e. The molecule has 17 heavy (non-hydrogen) atoms. The molecule has 0 radical (unpaired) electrons. The van der Waals surface area contributed by atoms with E-state index in [1.807, 2.05) is 19.2 Å². The molecule has 0 spiro atoms. The fraction of sp³-hybridized carbons (Fsp3) is 0.385. The maximum atomic E-state index is 10.4. The zero-order chi connectivity index (χ0) is 11.1. The Bertz CT molecular complexity index is 523. The summed E-state index contributed by atoms with van der Waals surface area (Å²) in [6.07, 6.45) is 3.64. The van der Waals surface area contributed by atoms with Crippen LogP contribution >= 0.6 is 12.4 Å². The minimum Gasteiger partial charge on any atom is -0.387 e. The molecule has 0 bridgehead atoms. The molecule has 2 aromatic rings. The second kappa shape index (κ2) is 4.69. The number of aliphatic hydroxyl groups is 1. The van der Waals surface area contributed by atoms with Crippen LogP contribution < -0.4 is 5.32 Å². The molecule has 92 valence electrons. The monoisotopic (exact) mass is 252 g/mol. The zero-order valence-electron chi connectivity index (χ0n) is 9.73. The average Bonchev–Trinajstić information content (AvgIpc) is 2.66. The van der Waals surface area contributed by atoms with E-state index in [4.69, 9.17) is 0 Å². The van der Waals surface area contributed by atoms with Crippen molar-refractivity contribution < 1.29 is 5.11 Å². The molecule has 1 aromatic heterocycles. The topological polar surface area (TPSA) is 48.0 Å². The maximum absolute atomic E-state index is 10.4. The predicted molar refractivity (Wildman–Crippen MR) is 71.7 cm³/mol. The summed E-state index contributed by atoms with van der Waals surface area (Å²) in [4.78, 5) is 3.27. The molecule has 3 N–H and O–H groups in total. The molecule has 3 nitrogen and oxygen atoms in total. The summed E-state index contributed by atoms with van der Waals surface area (Å²) < 4.78 is 0. The molecule has 0 fully saturated rings. The number of aryl methyl sites for hydroxylation is 1. The second-order valence-corrected chi connectivity index (χ2v) is 4.46. The summed E-state index contributed by atoms with van der Waals surface area (Å²) >= 11 is 0. The summed E-state index contributed by atoms with van der Waals surface area (Å²) in [6, 6.07) is 6.24. The number of rotatable bonds is 1. The number of benzene rings is 1. The Morgan fingerprint density at radius 3 is 3.00 bits per heavy atom. The van der Waals surface area contributed by atoms with Gasteiger partial charge in [-0.25, -0.2) is 0 Å². The SMILES string of the molecule is CNC1CCc2c[nH]c3cccc(c23)C1O.Cl. The molecule has 2 atom stereocenters. The number of aromatic amines is 1. The van der Waals surface area contributed by atoms with Gasteiger partial charge in [0.15, 0.2) is 0 Å². The van der Waals surface area contributed by atoms with Crippen molar-refractivity contribution in [2.24, 2.45) is 0 Å². The van der Waals surface area contributed by atoms with E-state index in [0.29, 0.717) is 0 Å². The molecule has 0 saturated heterocycles. The average molecular weight is 253 g/mol. The molecule has 0 amide bonds. The van der Waals surface area contributed by atoms with E-state index >= 15 is 0 Å². The van der Waals surface area contributed by atoms with Crippen molar-refractivity contribution in [3.05, 3.63) is 35.5 Å². The minimum absolute atomic E-state index is 0. The molecule has 3 rings (SSSR count). The van der Waals surface area contributed by atoms with Crippen molar-refractivity contribution in [2.75, 3.05) is 7.05 Å². The lowest BCUT2D eigenvalue weighted by Crippen LogP contribution is -2.31. The van der Waals surface area contributed by atoms with Crippen LogP contribution in [-0.4, -0.2) is 23.2 Å². The van der Waals surface area contributed by atoms with Gasteiger partial charge in [0.2, 0.25) is 0 Å². The first-order valence-electron chi connectivity index (χ1n) is 5.75. The molecule has 4 heteroatoms. The summed E-state index contributed by atoms with van der Waals surface area (Å²) in [5.41, 5.74) is 3.50. The lowest BCUT2D eigenvalue weighted by molar-refractivity contribution is 0.131. The highest BCUT2D eigenvalue weighted by molar-refractivity contribution is 5.87. The molecule has 1 aliphatic carbocycles. The molecular weight excluding hydrogens is 236 g/mol. The van der Waals surface area contributed by atoms with Crippen LogP contribution in [0.3, 0.4) is 0 Å². The van der Waals surface area contributed by atoms with Gasteiger partial charge in [-0.05, 0) is 37.1 Å². The summed E-state index contributed by atoms with van der Waals surface area (Å²) in [5, 5.41) is 14.8. The van der Waals surface area contributed by atoms with Gasteiger partial charge in [0.25, 0.3) is 0 Å². The Hall–Kier alpha value is -1.03. The van der Waals surface area contributed by atoms with Crippen molar-refractivity contribution in [1.29, 1.82) is 0 Å². The fourth-order valence-corrected chi connectivity index (χ4v) is 2.72. The standard InChI is InChI=1S/C13H16N2O.ClH/c1-14-11-6-5-8-7-15-10-4-2-3-9(12(8)10)13(11)16;/h2-4,7,11,13-16H,5-6H2,1H3;1H. The van der Waals surface area contributed by atoms with Crippen LogP contribution in [0.25, 0.3) is 10.9 Å². The van der Waals surface area contributed by atoms with Crippen molar-refractivity contribution in [1.82, 2.24) is 10.3 Å². The number of H-pyrrole nitrogens is 1. The van der Waals surface area contributed by atoms with E-state index in [2.05, 4.69) is 22.6 Å². The lowest BCUT2D eigenvalue weighted by atomic mass is 10.00. The van der Waals surface area contributed by atoms with Crippen LogP contribution in [0.2, 0.25) is 0 Å². The van der Waals surface area contributed by atoms with Crippen molar-refractivity contribution in [3.8, 4) is 0 Å². The molecule has 1 aliphatic rings. The first kappa shape index (κ1) is 12.4. The van der Waals surface area contributed by atoms with Gasteiger partial charge >= 0.3 is 0 Å². The number of hydrogen-bond donors (Lipinski definition) is 3. The molecule has 2 unspecified atom stereocenters. The van der Waals surface area contributed by atoms with Crippen LogP contribution in [0.4, 0.5) is 0 Å². The van der Waals surface area contributed by atoms with E-state index in [1.165, 1.54) is 10.9 Å². The Morgan fingerprint density at radius 2 is 2.24 bits per heavy atom. The smallest absolute Gasteiger partial charge is 0.0949 e. The van der Waals surface area contributed by atoms with Gasteiger partial charge in [-0.3, -0.25) is 0 Å². The number of hydrogen-bond acceptors (Lipinski definition) is 2. The molecule has 1 aromatic carbocycles. The van der Waals surface area contributed by atoms with Crippen LogP contribution in [0.5, 0.6) is 0 Å². The molecule has 0 saturated carbocycles. The highest BCUT2D eigenvalue weighted by Crippen LogP contribution is 2.33. The van der Waals surface area contributed by atoms with Crippen LogP contribution in [0.1, 0.15) is 23.7 Å². The van der Waals surface area contributed by atoms with Gasteiger partial charge in [-0.2, -0.15) is 0 Å². The van der Waals surface area contributed by atoms with E-state index in [1.54, 1.807) is 0 Å². The Labute approximate surface area is 107 Å². The number of aliphatic hydroxyl groups excluding tert-OH is 1. The first-order valence-corrected chi connectivity index (χ1v) is 5.75. The molecule has 0 aliphatic heterocycles. The van der Waals surface area contributed by atoms with Crippen molar-refractivity contribution >= 4 is 23.3 Å². The highest BCUT2D eigenvalue weighted by Gasteiger charge is 2.25. The van der Waals surface area contributed by atoms with E-state index in [0.717, 1.165) is 23.9 Å². The Morgan fingerprint density at radius 1 is 1.41 bits per heavy atom. The third-order valence-electron chi connectivity index (χ3n) is 3.61. The van der Waals surface area contributed by atoms with E-state index in [9.17, 15) is 5.11 Å². The van der Waals surface area contributed by atoms with Crippen LogP contribution in [0.15, 0.2) is 24.4 Å². The van der Waals surface area contributed by atoms with E-state index < -0.39 is 6.10 Å². The van der Waals surface area contributed by atoms with Crippen molar-refractivity contribution in [3.63, 3.8) is 0 Å². The number of halogens is 1. The maximum Gasteiger partial charge on any atom is 0.0949 e.